The molecule has 3 N–H and O–H groups in total. The number of hydrogen-bond donors (Lipinski definition) is 2. The number of anilines is 1. The van der Waals surface area contributed by atoms with E-state index in [1.807, 2.05) is 0 Å². The van der Waals surface area contributed by atoms with Crippen molar-refractivity contribution in [2.45, 2.75) is 25.3 Å². The first-order valence-electron chi connectivity index (χ1n) is 6.65. The normalized spacial score (nSPS) is 22.5. The average molecular weight is 273 g/mol. The highest BCUT2D eigenvalue weighted by Gasteiger charge is 2.43. The molecule has 6 heteroatoms. The molecule has 0 radical (unpaired) electrons. The van der Waals surface area contributed by atoms with E-state index < -0.39 is 17.9 Å². The zero-order valence-electron chi connectivity index (χ0n) is 10.9. The molecular weight excluding hydrogens is 258 g/mol. The minimum atomic E-state index is -0.732. The Morgan fingerprint density at radius 2 is 1.95 bits per heavy atom. The van der Waals surface area contributed by atoms with Crippen molar-refractivity contribution < 1.29 is 14.4 Å². The third-order valence-corrected chi connectivity index (χ3v) is 3.80. The Kier molecular flexibility index (Phi) is 2.93. The Hall–Kier alpha value is -2.37. The predicted molar refractivity (Wildman–Crippen MR) is 72.0 cm³/mol. The summed E-state index contributed by atoms with van der Waals surface area (Å²) < 4.78 is 0. The number of nitrogens with two attached hydrogens (primary N) is 1. The van der Waals surface area contributed by atoms with E-state index in [4.69, 9.17) is 5.73 Å². The number of amides is 3. The van der Waals surface area contributed by atoms with Crippen LogP contribution >= 0.6 is 0 Å². The molecule has 1 aromatic rings. The van der Waals surface area contributed by atoms with E-state index in [9.17, 15) is 14.4 Å². The van der Waals surface area contributed by atoms with Gasteiger partial charge in [0.2, 0.25) is 5.91 Å². The van der Waals surface area contributed by atoms with Crippen LogP contribution in [0.1, 0.15) is 40.0 Å². The molecule has 1 saturated heterocycles. The summed E-state index contributed by atoms with van der Waals surface area (Å²) in [5.74, 6) is -1.17. The molecule has 6 nitrogen and oxygen atoms in total. The van der Waals surface area contributed by atoms with E-state index in [2.05, 4.69) is 5.32 Å². The number of imide groups is 1. The summed E-state index contributed by atoms with van der Waals surface area (Å²) >= 11 is 0. The Balaban J connectivity index is 2.01. The maximum Gasteiger partial charge on any atom is 0.264 e. The lowest BCUT2D eigenvalue weighted by Crippen LogP contribution is -2.48. The Bertz CT molecular complexity index is 612. The molecule has 0 aliphatic carbocycles. The molecule has 104 valence electrons. The van der Waals surface area contributed by atoms with Crippen molar-refractivity contribution in [2.24, 2.45) is 0 Å². The summed E-state index contributed by atoms with van der Waals surface area (Å²) in [4.78, 5) is 37.9. The molecule has 2 aliphatic rings. The maximum absolute atomic E-state index is 12.4. The van der Waals surface area contributed by atoms with Gasteiger partial charge in [-0.3, -0.25) is 19.3 Å². The van der Waals surface area contributed by atoms with Crippen LogP contribution in [0.2, 0.25) is 0 Å². The van der Waals surface area contributed by atoms with E-state index in [0.717, 1.165) is 17.7 Å². The highest BCUT2D eigenvalue weighted by molar-refractivity contribution is 6.24. The monoisotopic (exact) mass is 273 g/mol. The molecular formula is C14H15N3O3. The van der Waals surface area contributed by atoms with Crippen LogP contribution in [-0.4, -0.2) is 35.2 Å². The molecule has 1 fully saturated rings. The van der Waals surface area contributed by atoms with Crippen molar-refractivity contribution in [3.05, 3.63) is 29.3 Å². The zero-order chi connectivity index (χ0) is 14.3. The van der Waals surface area contributed by atoms with Gasteiger partial charge in [0.15, 0.2) is 0 Å². The van der Waals surface area contributed by atoms with Gasteiger partial charge < -0.3 is 11.1 Å². The molecule has 3 amide bonds. The van der Waals surface area contributed by atoms with Gasteiger partial charge in [-0.2, -0.15) is 0 Å². The van der Waals surface area contributed by atoms with E-state index in [1.165, 1.54) is 0 Å². The maximum atomic E-state index is 12.4. The molecule has 0 saturated carbocycles. The van der Waals surface area contributed by atoms with Crippen LogP contribution in [0, 0.1) is 0 Å². The van der Waals surface area contributed by atoms with Gasteiger partial charge in [-0.15, -0.1) is 0 Å². The van der Waals surface area contributed by atoms with E-state index >= 15 is 0 Å². The van der Waals surface area contributed by atoms with Crippen LogP contribution in [0.25, 0.3) is 0 Å². The van der Waals surface area contributed by atoms with Crippen LogP contribution in [-0.2, 0) is 4.79 Å². The highest BCUT2D eigenvalue weighted by Crippen LogP contribution is 2.30. The molecule has 0 unspecified atom stereocenters. The number of benzene rings is 1. The molecule has 2 aliphatic heterocycles. The number of carbonyl (C=O) groups is 3. The van der Waals surface area contributed by atoms with Crippen molar-refractivity contribution in [3.8, 4) is 0 Å². The van der Waals surface area contributed by atoms with Gasteiger partial charge in [0.05, 0.1) is 11.1 Å². The molecule has 0 aromatic heterocycles. The zero-order valence-corrected chi connectivity index (χ0v) is 10.9. The van der Waals surface area contributed by atoms with Crippen molar-refractivity contribution in [3.63, 3.8) is 0 Å². The highest BCUT2D eigenvalue weighted by atomic mass is 16.2. The number of rotatable bonds is 1. The largest absolute Gasteiger partial charge is 0.398 e. The molecule has 20 heavy (non-hydrogen) atoms. The van der Waals surface area contributed by atoms with Crippen LogP contribution < -0.4 is 11.1 Å². The molecule has 0 spiro atoms. The summed E-state index contributed by atoms with van der Waals surface area (Å²) in [5.41, 5.74) is 6.56. The molecule has 3 rings (SSSR count). The Morgan fingerprint density at radius 1 is 1.15 bits per heavy atom. The van der Waals surface area contributed by atoms with Gasteiger partial charge in [-0.25, -0.2) is 0 Å². The van der Waals surface area contributed by atoms with Crippen molar-refractivity contribution >= 4 is 23.4 Å². The molecule has 2 heterocycles. The molecule has 1 atom stereocenters. The number of carbonyl (C=O) groups excluding carboxylic acids is 3. The SMILES string of the molecule is Nc1cccc2c1C(=O)N([C@@H]1CCCCNC1=O)C2=O. The van der Waals surface area contributed by atoms with Crippen LogP contribution in [0.15, 0.2) is 18.2 Å². The van der Waals surface area contributed by atoms with Crippen LogP contribution in [0.3, 0.4) is 0 Å². The lowest BCUT2D eigenvalue weighted by Gasteiger charge is -2.23. The number of nitrogen functional groups attached to an aromatic ring is 1. The summed E-state index contributed by atoms with van der Waals surface area (Å²) in [5, 5.41) is 2.74. The standard InChI is InChI=1S/C14H15N3O3/c15-9-5-3-4-8-11(9)14(20)17(13(8)19)10-6-1-2-7-16-12(10)18/h3-5,10H,1-2,6-7,15H2,(H,16,18)/t10-/m1/s1. The second kappa shape index (κ2) is 4.63. The summed E-state index contributed by atoms with van der Waals surface area (Å²) in [6.45, 7) is 0.584. The lowest BCUT2D eigenvalue weighted by atomic mass is 10.1. The Morgan fingerprint density at radius 3 is 2.70 bits per heavy atom. The number of hydrogen-bond acceptors (Lipinski definition) is 4. The lowest BCUT2D eigenvalue weighted by molar-refractivity contribution is -0.124. The van der Waals surface area contributed by atoms with E-state index in [1.54, 1.807) is 18.2 Å². The van der Waals surface area contributed by atoms with Gasteiger partial charge >= 0.3 is 0 Å². The molecule has 0 bridgehead atoms. The van der Waals surface area contributed by atoms with Gasteiger partial charge in [0, 0.05) is 12.2 Å². The van der Waals surface area contributed by atoms with Gasteiger partial charge in [0.1, 0.15) is 6.04 Å². The number of nitrogens with one attached hydrogen (secondary N) is 1. The topological polar surface area (TPSA) is 92.5 Å². The molecule has 1 aromatic carbocycles. The first-order chi connectivity index (χ1) is 9.61. The number of nitrogens with zero attached hydrogens (tertiary/aromatic N) is 1. The third-order valence-electron chi connectivity index (χ3n) is 3.80. The fourth-order valence-corrected chi connectivity index (χ4v) is 2.78. The fraction of sp³-hybridized carbons (Fsp3) is 0.357. The van der Waals surface area contributed by atoms with Crippen LogP contribution in [0.5, 0.6) is 0 Å². The second-order valence-corrected chi connectivity index (χ2v) is 5.05. The summed E-state index contributed by atoms with van der Waals surface area (Å²) in [6, 6.07) is 4.06. The van der Waals surface area contributed by atoms with Gasteiger partial charge in [-0.05, 0) is 31.4 Å². The summed E-state index contributed by atoms with van der Waals surface area (Å²) in [6.07, 6.45) is 2.15. The fourth-order valence-electron chi connectivity index (χ4n) is 2.78. The average Bonchev–Trinajstić information content (AvgIpc) is 2.57. The van der Waals surface area contributed by atoms with Crippen molar-refractivity contribution in [1.29, 1.82) is 0 Å². The van der Waals surface area contributed by atoms with E-state index in [0.29, 0.717) is 13.0 Å². The summed E-state index contributed by atoms with van der Waals surface area (Å²) in [7, 11) is 0. The number of fused-ring (bicyclic) bond motifs is 1. The van der Waals surface area contributed by atoms with E-state index in [-0.39, 0.29) is 22.7 Å². The van der Waals surface area contributed by atoms with Crippen molar-refractivity contribution in [2.75, 3.05) is 12.3 Å². The Labute approximate surface area is 115 Å². The minimum absolute atomic E-state index is 0.217. The quantitative estimate of drug-likeness (QED) is 0.576. The smallest absolute Gasteiger partial charge is 0.264 e. The van der Waals surface area contributed by atoms with Crippen molar-refractivity contribution in [1.82, 2.24) is 10.2 Å². The minimum Gasteiger partial charge on any atom is -0.398 e. The van der Waals surface area contributed by atoms with Gasteiger partial charge in [-0.1, -0.05) is 6.07 Å². The predicted octanol–water partition coefficient (Wildman–Crippen LogP) is 0.533. The third kappa shape index (κ3) is 1.76. The van der Waals surface area contributed by atoms with Gasteiger partial charge in [0.25, 0.3) is 11.8 Å². The second-order valence-electron chi connectivity index (χ2n) is 5.05. The van der Waals surface area contributed by atoms with Crippen LogP contribution in [0.4, 0.5) is 5.69 Å². The first-order valence-corrected chi connectivity index (χ1v) is 6.65. The first kappa shape index (κ1) is 12.7.